The number of alkyl carbamates (subject to hydrolysis) is 1. The quantitative estimate of drug-likeness (QED) is 0.636. The zero-order valence-electron chi connectivity index (χ0n) is 12.6. The van der Waals surface area contributed by atoms with E-state index in [2.05, 4.69) is 5.32 Å². The maximum atomic E-state index is 11.6. The third kappa shape index (κ3) is 4.63. The minimum absolute atomic E-state index is 0.192. The molecule has 1 aliphatic rings. The number of hydrogen-bond donors (Lipinski definition) is 1. The van der Waals surface area contributed by atoms with Crippen molar-refractivity contribution < 1.29 is 14.3 Å². The molecule has 1 atom stereocenters. The molecule has 1 rings (SSSR count). The van der Waals surface area contributed by atoms with Crippen molar-refractivity contribution in [1.82, 2.24) is 10.2 Å². The second-order valence-corrected chi connectivity index (χ2v) is 7.85. The number of amides is 1. The van der Waals surface area contributed by atoms with E-state index in [0.717, 1.165) is 12.0 Å². The Labute approximate surface area is 129 Å². The molecule has 0 radical (unpaired) electrons. The first kappa shape index (κ1) is 17.2. The van der Waals surface area contributed by atoms with Gasteiger partial charge < -0.3 is 19.7 Å². The largest absolute Gasteiger partial charge is 0.444 e. The monoisotopic (exact) mass is 318 g/mol. The van der Waals surface area contributed by atoms with Crippen LogP contribution in [0, 0.1) is 0 Å². The minimum Gasteiger partial charge on any atom is -0.444 e. The lowest BCUT2D eigenvalue weighted by Gasteiger charge is -2.35. The maximum absolute atomic E-state index is 11.6. The van der Waals surface area contributed by atoms with Crippen molar-refractivity contribution in [1.29, 1.82) is 0 Å². The summed E-state index contributed by atoms with van der Waals surface area (Å²) in [5.41, 5.74) is -0.733. The van der Waals surface area contributed by atoms with Gasteiger partial charge in [-0.05, 0) is 34.6 Å². The van der Waals surface area contributed by atoms with Gasteiger partial charge in [0.1, 0.15) is 11.0 Å². The molecule has 7 heteroatoms. The van der Waals surface area contributed by atoms with Crippen LogP contribution in [0.2, 0.25) is 0 Å². The molecule has 1 saturated heterocycles. The summed E-state index contributed by atoms with van der Waals surface area (Å²) in [5, 5.41) is 2.35. The second kappa shape index (κ2) is 6.30. The van der Waals surface area contributed by atoms with Gasteiger partial charge in [0.25, 0.3) is 0 Å². The predicted octanol–water partition coefficient (Wildman–Crippen LogP) is 2.19. The first-order valence-electron chi connectivity index (χ1n) is 6.43. The summed E-state index contributed by atoms with van der Waals surface area (Å²) < 4.78 is 5.15. The molecule has 0 bridgehead atoms. The van der Waals surface area contributed by atoms with Gasteiger partial charge in [-0.3, -0.25) is 0 Å². The highest BCUT2D eigenvalue weighted by atomic mass is 32.2. The van der Waals surface area contributed by atoms with Crippen LogP contribution in [-0.2, 0) is 9.53 Å². The molecule has 0 spiro atoms. The van der Waals surface area contributed by atoms with Gasteiger partial charge in [0.05, 0.1) is 11.5 Å². The van der Waals surface area contributed by atoms with E-state index in [9.17, 15) is 9.59 Å². The van der Waals surface area contributed by atoms with Gasteiger partial charge in [0.2, 0.25) is 0 Å². The van der Waals surface area contributed by atoms with Crippen LogP contribution in [0.25, 0.3) is 0 Å². The van der Waals surface area contributed by atoms with Crippen LogP contribution >= 0.6 is 24.0 Å². The Morgan fingerprint density at radius 1 is 1.55 bits per heavy atom. The van der Waals surface area contributed by atoms with Crippen LogP contribution < -0.4 is 5.32 Å². The van der Waals surface area contributed by atoms with E-state index < -0.39 is 11.7 Å². The fourth-order valence-corrected chi connectivity index (χ4v) is 3.76. The van der Waals surface area contributed by atoms with Gasteiger partial charge >= 0.3 is 6.09 Å². The molecule has 20 heavy (non-hydrogen) atoms. The summed E-state index contributed by atoms with van der Waals surface area (Å²) in [6, 6.07) is 0. The molecule has 0 aromatic carbocycles. The number of nitrogens with one attached hydrogen (secondary N) is 1. The van der Waals surface area contributed by atoms with Crippen molar-refractivity contribution in [3.63, 3.8) is 0 Å². The Morgan fingerprint density at radius 2 is 2.15 bits per heavy atom. The van der Waals surface area contributed by atoms with E-state index in [0.29, 0.717) is 4.99 Å². The van der Waals surface area contributed by atoms with Crippen molar-refractivity contribution in [3.05, 3.63) is 0 Å². The van der Waals surface area contributed by atoms with Gasteiger partial charge in [-0.15, -0.1) is 11.8 Å². The fraction of sp³-hybridized carbons (Fsp3) is 0.769. The highest BCUT2D eigenvalue weighted by Gasteiger charge is 2.41. The number of rotatable bonds is 3. The first-order chi connectivity index (χ1) is 9.07. The summed E-state index contributed by atoms with van der Waals surface area (Å²) in [6.07, 6.45) is 0.381. The van der Waals surface area contributed by atoms with E-state index in [1.165, 1.54) is 0 Å². The topological polar surface area (TPSA) is 58.6 Å². The first-order valence-corrected chi connectivity index (χ1v) is 7.88. The molecule has 0 aromatic rings. The number of thiocarbonyl (C=S) groups is 1. The second-order valence-electron chi connectivity index (χ2n) is 6.27. The Morgan fingerprint density at radius 3 is 2.65 bits per heavy atom. The van der Waals surface area contributed by atoms with Crippen molar-refractivity contribution in [2.24, 2.45) is 0 Å². The summed E-state index contributed by atoms with van der Waals surface area (Å²) in [7, 11) is 0. The summed E-state index contributed by atoms with van der Waals surface area (Å²) in [5.74, 6) is 0.822. The molecule has 1 aliphatic heterocycles. The van der Waals surface area contributed by atoms with Gasteiger partial charge in [-0.2, -0.15) is 0 Å². The fourth-order valence-electron chi connectivity index (χ4n) is 1.90. The highest BCUT2D eigenvalue weighted by molar-refractivity contribution is 8.00. The number of carbonyl (C=O) groups excluding carboxylic acids is 2. The lowest BCUT2D eigenvalue weighted by Crippen LogP contribution is -2.51. The molecule has 5 nitrogen and oxygen atoms in total. The smallest absolute Gasteiger partial charge is 0.408 e. The summed E-state index contributed by atoms with van der Waals surface area (Å²) in [4.78, 5) is 25.1. The van der Waals surface area contributed by atoms with E-state index in [-0.39, 0.29) is 17.5 Å². The van der Waals surface area contributed by atoms with E-state index in [1.807, 2.05) is 18.7 Å². The molecule has 0 aliphatic carbocycles. The zero-order valence-corrected chi connectivity index (χ0v) is 14.2. The number of ether oxygens (including phenoxy) is 1. The Bertz CT molecular complexity index is 405. The number of nitrogens with zero attached hydrogens (tertiary/aromatic N) is 1. The third-order valence-electron chi connectivity index (χ3n) is 2.68. The lowest BCUT2D eigenvalue weighted by atomic mass is 10.1. The molecule has 1 N–H and O–H groups in total. The van der Waals surface area contributed by atoms with Gasteiger partial charge in [-0.25, -0.2) is 4.79 Å². The standard InChI is InChI=1S/C13H22N2O3S2/c1-12(2,3)18-11(17)14-6-9(19)15-10(7-16)20-8-13(15,4)5/h7,10H,6,8H2,1-5H3,(H,14,17)/t10-/m0/s1. The Balaban J connectivity index is 2.58. The molecule has 1 fully saturated rings. The van der Waals surface area contributed by atoms with Crippen molar-refractivity contribution in [2.75, 3.05) is 12.3 Å². The average molecular weight is 318 g/mol. The minimum atomic E-state index is -0.542. The molecule has 0 unspecified atom stereocenters. The Kier molecular flexibility index (Phi) is 5.43. The van der Waals surface area contributed by atoms with Crippen molar-refractivity contribution >= 4 is 41.3 Å². The van der Waals surface area contributed by atoms with Crippen LogP contribution in [0.15, 0.2) is 0 Å². The molecule has 0 aromatic heterocycles. The van der Waals surface area contributed by atoms with Crippen LogP contribution in [0.4, 0.5) is 4.79 Å². The number of carbonyl (C=O) groups is 2. The Hall–Kier alpha value is -0.820. The van der Waals surface area contributed by atoms with Crippen molar-refractivity contribution in [3.8, 4) is 0 Å². The molecular formula is C13H22N2O3S2. The molecular weight excluding hydrogens is 296 g/mol. The number of hydrogen-bond acceptors (Lipinski definition) is 5. The number of aldehydes is 1. The molecule has 1 amide bonds. The molecule has 1 heterocycles. The van der Waals surface area contributed by atoms with Gasteiger partial charge in [0.15, 0.2) is 6.29 Å². The van der Waals surface area contributed by atoms with Crippen LogP contribution in [0.3, 0.4) is 0 Å². The van der Waals surface area contributed by atoms with E-state index in [1.54, 1.807) is 32.5 Å². The van der Waals surface area contributed by atoms with Crippen LogP contribution in [0.5, 0.6) is 0 Å². The van der Waals surface area contributed by atoms with Crippen LogP contribution in [0.1, 0.15) is 34.6 Å². The van der Waals surface area contributed by atoms with E-state index in [4.69, 9.17) is 17.0 Å². The molecule has 114 valence electrons. The maximum Gasteiger partial charge on any atom is 0.408 e. The van der Waals surface area contributed by atoms with E-state index >= 15 is 0 Å². The van der Waals surface area contributed by atoms with Gasteiger partial charge in [0, 0.05) is 11.3 Å². The zero-order chi connectivity index (χ0) is 15.6. The SMILES string of the molecule is CC(C)(C)OC(=O)NCC(=S)N1[C@H](C=O)SCC1(C)C. The van der Waals surface area contributed by atoms with Crippen molar-refractivity contribution in [2.45, 2.75) is 51.1 Å². The molecule has 0 saturated carbocycles. The average Bonchev–Trinajstić information content (AvgIpc) is 2.59. The van der Waals surface area contributed by atoms with Gasteiger partial charge in [-0.1, -0.05) is 12.2 Å². The number of thioether (sulfide) groups is 1. The van der Waals surface area contributed by atoms with Crippen LogP contribution in [-0.4, -0.2) is 51.1 Å². The summed E-state index contributed by atoms with van der Waals surface area (Å²) >= 11 is 6.91. The summed E-state index contributed by atoms with van der Waals surface area (Å²) in [6.45, 7) is 9.65. The lowest BCUT2D eigenvalue weighted by molar-refractivity contribution is -0.109. The third-order valence-corrected chi connectivity index (χ3v) is 4.56. The predicted molar refractivity (Wildman–Crippen MR) is 85.1 cm³/mol. The highest BCUT2D eigenvalue weighted by Crippen LogP contribution is 2.35. The normalized spacial score (nSPS) is 21.4.